The highest BCUT2D eigenvalue weighted by Gasteiger charge is 2.18. The topological polar surface area (TPSA) is 90.5 Å². The smallest absolute Gasteiger partial charge is 0.291 e. The van der Waals surface area contributed by atoms with Crippen molar-refractivity contribution < 1.29 is 4.79 Å². The van der Waals surface area contributed by atoms with Crippen LogP contribution in [0.2, 0.25) is 0 Å². The molecule has 0 spiro atoms. The summed E-state index contributed by atoms with van der Waals surface area (Å²) in [5, 5.41) is 11.5. The molecule has 2 heterocycles. The lowest BCUT2D eigenvalue weighted by molar-refractivity contribution is 0.0940. The summed E-state index contributed by atoms with van der Waals surface area (Å²) in [7, 11) is 0. The third-order valence-electron chi connectivity index (χ3n) is 5.13. The van der Waals surface area contributed by atoms with Crippen LogP contribution in [-0.2, 0) is 13.1 Å². The fourth-order valence-corrected chi connectivity index (χ4v) is 3.46. The highest BCUT2D eigenvalue weighted by atomic mass is 16.2. The third-order valence-corrected chi connectivity index (χ3v) is 5.13. The van der Waals surface area contributed by atoms with Gasteiger partial charge in [-0.15, -0.1) is 5.10 Å². The lowest BCUT2D eigenvalue weighted by Gasteiger charge is -2.05. The van der Waals surface area contributed by atoms with Crippen LogP contribution in [-0.4, -0.2) is 35.4 Å². The Bertz CT molecular complexity index is 1270. The van der Waals surface area contributed by atoms with Gasteiger partial charge in [-0.25, -0.2) is 19.3 Å². The van der Waals surface area contributed by atoms with Crippen molar-refractivity contribution >= 4 is 5.91 Å². The van der Waals surface area contributed by atoms with Crippen LogP contribution < -0.4 is 5.32 Å². The van der Waals surface area contributed by atoms with Gasteiger partial charge < -0.3 is 5.32 Å². The van der Waals surface area contributed by atoms with Gasteiger partial charge in [0.05, 0.1) is 12.2 Å². The second kappa shape index (κ2) is 9.27. The molecule has 8 nitrogen and oxygen atoms in total. The normalized spacial score (nSPS) is 10.8. The Hall–Kier alpha value is -4.59. The Morgan fingerprint density at radius 1 is 0.848 bits per heavy atom. The molecular weight excluding hydrogens is 414 g/mol. The second-order valence-electron chi connectivity index (χ2n) is 7.46. The zero-order valence-corrected chi connectivity index (χ0v) is 17.7. The van der Waals surface area contributed by atoms with E-state index in [1.54, 1.807) is 15.7 Å². The summed E-state index contributed by atoms with van der Waals surface area (Å²) in [6, 6.07) is 27.4. The Morgan fingerprint density at radius 3 is 2.24 bits per heavy atom. The van der Waals surface area contributed by atoms with Gasteiger partial charge >= 0.3 is 0 Å². The Labute approximate surface area is 190 Å². The van der Waals surface area contributed by atoms with E-state index in [0.29, 0.717) is 18.9 Å². The molecule has 3 aromatic carbocycles. The molecule has 0 atom stereocenters. The molecule has 5 rings (SSSR count). The Balaban J connectivity index is 1.32. The average molecular weight is 435 g/mol. The van der Waals surface area contributed by atoms with E-state index in [0.717, 1.165) is 22.4 Å². The van der Waals surface area contributed by atoms with Crippen LogP contribution in [0, 0.1) is 0 Å². The number of aromatic nitrogens is 6. The van der Waals surface area contributed by atoms with Crippen LogP contribution in [0.15, 0.2) is 97.6 Å². The lowest BCUT2D eigenvalue weighted by atomic mass is 10.1. The standard InChI is InChI=1S/C25H21N7O/c33-25(27-15-19-11-13-20(14-12-19)16-31-18-26-17-28-31)23-29-24(21-7-3-1-4-8-21)32(30-23)22-9-5-2-6-10-22/h1-14,17-18H,15-16H2,(H,27,33). The minimum atomic E-state index is -0.325. The van der Waals surface area contributed by atoms with Crippen LogP contribution in [0.1, 0.15) is 21.7 Å². The molecular formula is C25H21N7O. The molecule has 0 saturated carbocycles. The fourth-order valence-electron chi connectivity index (χ4n) is 3.46. The first-order valence-corrected chi connectivity index (χ1v) is 10.5. The van der Waals surface area contributed by atoms with Gasteiger partial charge in [-0.1, -0.05) is 72.8 Å². The van der Waals surface area contributed by atoms with E-state index in [-0.39, 0.29) is 11.7 Å². The number of carbonyl (C=O) groups excluding carboxylic acids is 1. The van der Waals surface area contributed by atoms with Crippen LogP contribution in [0.3, 0.4) is 0 Å². The Morgan fingerprint density at radius 2 is 1.55 bits per heavy atom. The van der Waals surface area contributed by atoms with Gasteiger partial charge in [0.1, 0.15) is 12.7 Å². The van der Waals surface area contributed by atoms with Crippen LogP contribution >= 0.6 is 0 Å². The van der Waals surface area contributed by atoms with Gasteiger partial charge in [0, 0.05) is 12.1 Å². The molecule has 0 radical (unpaired) electrons. The van der Waals surface area contributed by atoms with Gasteiger partial charge in [0.25, 0.3) is 5.91 Å². The molecule has 162 valence electrons. The third kappa shape index (κ3) is 4.69. The van der Waals surface area contributed by atoms with Gasteiger partial charge in [0.2, 0.25) is 5.82 Å². The Kier molecular flexibility index (Phi) is 5.71. The lowest BCUT2D eigenvalue weighted by Crippen LogP contribution is -2.24. The summed E-state index contributed by atoms with van der Waals surface area (Å²) in [4.78, 5) is 21.4. The molecule has 8 heteroatoms. The van der Waals surface area contributed by atoms with Gasteiger partial charge in [-0.2, -0.15) is 5.10 Å². The maximum Gasteiger partial charge on any atom is 0.291 e. The first-order valence-electron chi connectivity index (χ1n) is 10.5. The summed E-state index contributed by atoms with van der Waals surface area (Å²) in [5.74, 6) is 0.415. The summed E-state index contributed by atoms with van der Waals surface area (Å²) >= 11 is 0. The van der Waals surface area contributed by atoms with E-state index < -0.39 is 0 Å². The molecule has 0 fully saturated rings. The number of nitrogens with one attached hydrogen (secondary N) is 1. The number of amides is 1. The molecule has 33 heavy (non-hydrogen) atoms. The number of nitrogens with zero attached hydrogens (tertiary/aromatic N) is 6. The number of benzene rings is 3. The van der Waals surface area contributed by atoms with Crippen molar-refractivity contribution in [2.24, 2.45) is 0 Å². The highest BCUT2D eigenvalue weighted by molar-refractivity contribution is 5.91. The van der Waals surface area contributed by atoms with Gasteiger partial charge in [-0.05, 0) is 23.3 Å². The summed E-state index contributed by atoms with van der Waals surface area (Å²) in [6.07, 6.45) is 3.19. The minimum Gasteiger partial charge on any atom is -0.345 e. The summed E-state index contributed by atoms with van der Waals surface area (Å²) in [5.41, 5.74) is 3.81. The maximum atomic E-state index is 12.9. The van der Waals surface area contributed by atoms with Crippen molar-refractivity contribution in [2.45, 2.75) is 13.1 Å². The van der Waals surface area contributed by atoms with Crippen molar-refractivity contribution in [2.75, 3.05) is 0 Å². The molecule has 0 aliphatic rings. The molecule has 0 unspecified atom stereocenters. The number of hydrogen-bond donors (Lipinski definition) is 1. The number of carbonyl (C=O) groups is 1. The van der Waals surface area contributed by atoms with Crippen LogP contribution in [0.4, 0.5) is 0 Å². The summed E-state index contributed by atoms with van der Waals surface area (Å²) in [6.45, 7) is 1.03. The van der Waals surface area contributed by atoms with Crippen molar-refractivity contribution in [3.05, 3.63) is 115 Å². The zero-order valence-electron chi connectivity index (χ0n) is 17.7. The van der Waals surface area contributed by atoms with Crippen LogP contribution in [0.5, 0.6) is 0 Å². The predicted octanol–water partition coefficient (Wildman–Crippen LogP) is 3.50. The summed E-state index contributed by atoms with van der Waals surface area (Å²) < 4.78 is 3.46. The largest absolute Gasteiger partial charge is 0.345 e. The van der Waals surface area contributed by atoms with E-state index in [4.69, 9.17) is 0 Å². The minimum absolute atomic E-state index is 0.125. The molecule has 0 aliphatic carbocycles. The second-order valence-corrected chi connectivity index (χ2v) is 7.46. The zero-order chi connectivity index (χ0) is 22.5. The van der Waals surface area contributed by atoms with Crippen molar-refractivity contribution in [3.8, 4) is 17.1 Å². The van der Waals surface area contributed by atoms with E-state index in [1.807, 2.05) is 84.9 Å². The number of para-hydroxylation sites is 1. The monoisotopic (exact) mass is 435 g/mol. The number of hydrogen-bond acceptors (Lipinski definition) is 5. The van der Waals surface area contributed by atoms with Gasteiger partial charge in [-0.3, -0.25) is 4.79 Å². The number of rotatable bonds is 7. The van der Waals surface area contributed by atoms with Crippen molar-refractivity contribution in [3.63, 3.8) is 0 Å². The van der Waals surface area contributed by atoms with E-state index in [2.05, 4.69) is 25.5 Å². The molecule has 1 amide bonds. The SMILES string of the molecule is O=C(NCc1ccc(Cn2cncn2)cc1)c1nc(-c2ccccc2)n(-c2ccccc2)n1. The first kappa shape index (κ1) is 20.3. The molecule has 2 aromatic heterocycles. The molecule has 5 aromatic rings. The predicted molar refractivity (Wildman–Crippen MR) is 124 cm³/mol. The van der Waals surface area contributed by atoms with E-state index in [9.17, 15) is 4.79 Å². The van der Waals surface area contributed by atoms with Crippen molar-refractivity contribution in [1.29, 1.82) is 0 Å². The maximum absolute atomic E-state index is 12.9. The van der Waals surface area contributed by atoms with E-state index >= 15 is 0 Å². The van der Waals surface area contributed by atoms with E-state index in [1.165, 1.54) is 6.33 Å². The van der Waals surface area contributed by atoms with Crippen molar-refractivity contribution in [1.82, 2.24) is 34.8 Å². The average Bonchev–Trinajstić information content (AvgIpc) is 3.55. The molecule has 1 N–H and O–H groups in total. The molecule has 0 saturated heterocycles. The molecule has 0 aliphatic heterocycles. The fraction of sp³-hybridized carbons (Fsp3) is 0.0800. The van der Waals surface area contributed by atoms with Gasteiger partial charge in [0.15, 0.2) is 5.82 Å². The van der Waals surface area contributed by atoms with Crippen LogP contribution in [0.25, 0.3) is 17.1 Å². The first-order chi connectivity index (χ1) is 16.3. The quantitative estimate of drug-likeness (QED) is 0.423. The highest BCUT2D eigenvalue weighted by Crippen LogP contribution is 2.21. The molecule has 0 bridgehead atoms.